The number of hydrogen-bond donors (Lipinski definition) is 2. The third-order valence-electron chi connectivity index (χ3n) is 5.36. The number of aryl methyl sites for hydroxylation is 2. The highest BCUT2D eigenvalue weighted by Gasteiger charge is 2.52. The number of nitrogens with zero attached hydrogens (tertiary/aromatic N) is 4. The second-order valence-electron chi connectivity index (χ2n) is 7.68. The number of rotatable bonds is 5. The molecule has 0 bridgehead atoms. The van der Waals surface area contributed by atoms with E-state index < -0.39 is 23.4 Å². The summed E-state index contributed by atoms with van der Waals surface area (Å²) in [4.78, 5) is 42.5. The first-order chi connectivity index (χ1) is 14.3. The normalized spacial score (nSPS) is 23.8. The first kappa shape index (κ1) is 20.8. The van der Waals surface area contributed by atoms with Crippen LogP contribution in [0.3, 0.4) is 0 Å². The Morgan fingerprint density at radius 2 is 2.07 bits per heavy atom. The van der Waals surface area contributed by atoms with Crippen LogP contribution in [0.15, 0.2) is 9.64 Å². The van der Waals surface area contributed by atoms with Crippen LogP contribution in [0.5, 0.6) is 0 Å². The van der Waals surface area contributed by atoms with Crippen LogP contribution in [-0.4, -0.2) is 49.3 Å². The van der Waals surface area contributed by atoms with Gasteiger partial charge in [-0.25, -0.2) is 9.78 Å². The van der Waals surface area contributed by atoms with Gasteiger partial charge in [-0.2, -0.15) is 5.01 Å². The Bertz CT molecular complexity index is 995. The van der Waals surface area contributed by atoms with E-state index in [1.807, 2.05) is 13.8 Å². The molecule has 2 N–H and O–H groups in total. The Morgan fingerprint density at radius 1 is 1.33 bits per heavy atom. The SMILES string of the molecule is Cc1nc(C)c(-c2nnc(SCC(=O)NN3C(=O)NC4(CCC(C)CC4)C3=O)o2)s1. The zero-order chi connectivity index (χ0) is 21.5. The van der Waals surface area contributed by atoms with Gasteiger partial charge in [-0.15, -0.1) is 21.5 Å². The Labute approximate surface area is 181 Å². The number of hydrazine groups is 1. The molecule has 1 saturated heterocycles. The molecule has 0 unspecified atom stereocenters. The standard InChI is InChI=1S/C18H22N6O4S2/c1-9-4-6-18(7-5-9)15(26)24(16(27)20-18)23-12(25)8-29-17-22-21-14(28-17)13-10(2)19-11(3)30-13/h9H,4-8H2,1-3H3,(H,20,27)(H,23,25). The fourth-order valence-corrected chi connectivity index (χ4v) is 5.09. The molecule has 2 aromatic rings. The van der Waals surface area contributed by atoms with Crippen molar-refractivity contribution in [3.05, 3.63) is 10.7 Å². The predicted molar refractivity (Wildman–Crippen MR) is 109 cm³/mol. The number of amides is 4. The van der Waals surface area contributed by atoms with Crippen LogP contribution < -0.4 is 10.7 Å². The number of thiazole rings is 1. The van der Waals surface area contributed by atoms with Gasteiger partial charge in [0.1, 0.15) is 10.4 Å². The summed E-state index contributed by atoms with van der Waals surface area (Å²) in [6.07, 6.45) is 2.89. The maximum absolute atomic E-state index is 12.8. The van der Waals surface area contributed by atoms with Gasteiger partial charge in [0.05, 0.1) is 16.5 Å². The number of urea groups is 1. The van der Waals surface area contributed by atoms with E-state index in [4.69, 9.17) is 4.42 Å². The Morgan fingerprint density at radius 3 is 2.73 bits per heavy atom. The van der Waals surface area contributed by atoms with Gasteiger partial charge in [-0.1, -0.05) is 18.7 Å². The zero-order valence-corrected chi connectivity index (χ0v) is 18.5. The molecule has 0 radical (unpaired) electrons. The van der Waals surface area contributed by atoms with Gasteiger partial charge in [-0.3, -0.25) is 15.0 Å². The lowest BCUT2D eigenvalue weighted by molar-refractivity contribution is -0.139. The average molecular weight is 451 g/mol. The number of thioether (sulfide) groups is 1. The summed E-state index contributed by atoms with van der Waals surface area (Å²) in [5.74, 6) is -0.104. The summed E-state index contributed by atoms with van der Waals surface area (Å²) in [6.45, 7) is 5.89. The molecule has 4 amide bonds. The molecule has 2 fully saturated rings. The van der Waals surface area contributed by atoms with Crippen molar-refractivity contribution >= 4 is 40.9 Å². The first-order valence-corrected chi connectivity index (χ1v) is 11.4. The number of imide groups is 1. The van der Waals surface area contributed by atoms with E-state index in [-0.39, 0.29) is 11.0 Å². The van der Waals surface area contributed by atoms with Crippen LogP contribution in [0.1, 0.15) is 43.3 Å². The summed E-state index contributed by atoms with van der Waals surface area (Å²) in [6, 6.07) is -0.593. The first-order valence-electron chi connectivity index (χ1n) is 9.64. The van der Waals surface area contributed by atoms with E-state index in [0.29, 0.717) is 24.7 Å². The van der Waals surface area contributed by atoms with Gasteiger partial charge in [0.2, 0.25) is 5.91 Å². The van der Waals surface area contributed by atoms with Crippen LogP contribution in [0, 0.1) is 19.8 Å². The molecule has 3 heterocycles. The van der Waals surface area contributed by atoms with Crippen molar-refractivity contribution in [1.82, 2.24) is 30.9 Å². The van der Waals surface area contributed by atoms with Gasteiger partial charge >= 0.3 is 6.03 Å². The molecule has 1 saturated carbocycles. The van der Waals surface area contributed by atoms with Crippen molar-refractivity contribution in [2.45, 2.75) is 57.2 Å². The number of nitrogens with one attached hydrogen (secondary N) is 2. The van der Waals surface area contributed by atoms with Gasteiger partial charge in [0.15, 0.2) is 0 Å². The van der Waals surface area contributed by atoms with Crippen LogP contribution in [0.2, 0.25) is 0 Å². The highest BCUT2D eigenvalue weighted by molar-refractivity contribution is 7.99. The molecule has 160 valence electrons. The summed E-state index contributed by atoms with van der Waals surface area (Å²) in [5.41, 5.74) is 2.31. The fourth-order valence-electron chi connectivity index (χ4n) is 3.69. The van der Waals surface area contributed by atoms with Crippen molar-refractivity contribution in [3.63, 3.8) is 0 Å². The van der Waals surface area contributed by atoms with Crippen LogP contribution >= 0.6 is 23.1 Å². The minimum atomic E-state index is -0.893. The van der Waals surface area contributed by atoms with Crippen molar-refractivity contribution in [2.24, 2.45) is 5.92 Å². The topological polar surface area (TPSA) is 130 Å². The molecule has 0 aromatic carbocycles. The van der Waals surface area contributed by atoms with Gasteiger partial charge in [-0.05, 0) is 45.4 Å². The van der Waals surface area contributed by atoms with E-state index in [2.05, 4.69) is 32.8 Å². The highest BCUT2D eigenvalue weighted by Crippen LogP contribution is 2.36. The Balaban J connectivity index is 1.34. The smallest absolute Gasteiger partial charge is 0.344 e. The number of carbonyl (C=O) groups is 3. The van der Waals surface area contributed by atoms with E-state index in [9.17, 15) is 14.4 Å². The second-order valence-corrected chi connectivity index (χ2v) is 9.81. The third-order valence-corrected chi connectivity index (χ3v) is 7.24. The maximum atomic E-state index is 12.8. The number of aromatic nitrogens is 3. The lowest BCUT2D eigenvalue weighted by Crippen LogP contribution is -2.51. The Kier molecular flexibility index (Phi) is 5.53. The lowest BCUT2D eigenvalue weighted by Gasteiger charge is -2.33. The molecule has 30 heavy (non-hydrogen) atoms. The van der Waals surface area contributed by atoms with Crippen molar-refractivity contribution in [1.29, 1.82) is 0 Å². The van der Waals surface area contributed by atoms with Gasteiger partial charge < -0.3 is 9.73 Å². The van der Waals surface area contributed by atoms with Crippen LogP contribution in [-0.2, 0) is 9.59 Å². The molecule has 0 atom stereocenters. The van der Waals surface area contributed by atoms with Gasteiger partial charge in [0, 0.05) is 0 Å². The van der Waals surface area contributed by atoms with Crippen molar-refractivity contribution in [3.8, 4) is 10.8 Å². The summed E-state index contributed by atoms with van der Waals surface area (Å²) >= 11 is 2.49. The highest BCUT2D eigenvalue weighted by atomic mass is 32.2. The van der Waals surface area contributed by atoms with Crippen molar-refractivity contribution in [2.75, 3.05) is 5.75 Å². The molecule has 4 rings (SSSR count). The van der Waals surface area contributed by atoms with Crippen LogP contribution in [0.4, 0.5) is 4.79 Å². The molecule has 1 aliphatic carbocycles. The van der Waals surface area contributed by atoms with Crippen LogP contribution in [0.25, 0.3) is 10.8 Å². The molecule has 2 aromatic heterocycles. The number of carbonyl (C=O) groups excluding carboxylic acids is 3. The number of hydrogen-bond acceptors (Lipinski definition) is 9. The summed E-state index contributed by atoms with van der Waals surface area (Å²) in [7, 11) is 0. The third kappa shape index (κ3) is 3.93. The van der Waals surface area contributed by atoms with E-state index in [0.717, 1.165) is 45.2 Å². The molecule has 10 nitrogen and oxygen atoms in total. The molecular weight excluding hydrogens is 428 g/mol. The fraction of sp³-hybridized carbons (Fsp3) is 0.556. The minimum Gasteiger partial charge on any atom is -0.410 e. The molecular formula is C18H22N6O4S2. The zero-order valence-electron chi connectivity index (χ0n) is 16.9. The largest absolute Gasteiger partial charge is 0.410 e. The molecule has 1 spiro atoms. The lowest BCUT2D eigenvalue weighted by atomic mass is 9.77. The molecule has 1 aliphatic heterocycles. The van der Waals surface area contributed by atoms with E-state index >= 15 is 0 Å². The quantitative estimate of drug-likeness (QED) is 0.525. The van der Waals surface area contributed by atoms with E-state index in [1.165, 1.54) is 11.3 Å². The maximum Gasteiger partial charge on any atom is 0.344 e. The van der Waals surface area contributed by atoms with Crippen molar-refractivity contribution < 1.29 is 18.8 Å². The predicted octanol–water partition coefficient (Wildman–Crippen LogP) is 2.43. The molecule has 2 aliphatic rings. The second kappa shape index (κ2) is 7.99. The Hall–Kier alpha value is -2.47. The minimum absolute atomic E-state index is 0.0799. The van der Waals surface area contributed by atoms with Gasteiger partial charge in [0.25, 0.3) is 17.0 Å². The summed E-state index contributed by atoms with van der Waals surface area (Å²) < 4.78 is 5.60. The summed E-state index contributed by atoms with van der Waals surface area (Å²) in [5, 5.41) is 12.6. The van der Waals surface area contributed by atoms with E-state index in [1.54, 1.807) is 0 Å². The average Bonchev–Trinajstić information content (AvgIpc) is 3.36. The molecule has 12 heteroatoms. The monoisotopic (exact) mass is 450 g/mol.